The van der Waals surface area contributed by atoms with Gasteiger partial charge in [0, 0.05) is 12.8 Å². The monoisotopic (exact) mass is 975 g/mol. The van der Waals surface area contributed by atoms with Gasteiger partial charge in [0.05, 0.1) is 6.61 Å². The van der Waals surface area contributed by atoms with Crippen LogP contribution in [-0.2, 0) is 19.1 Å². The van der Waals surface area contributed by atoms with E-state index >= 15 is 0 Å². The van der Waals surface area contributed by atoms with Crippen molar-refractivity contribution in [3.8, 4) is 0 Å². The molecule has 0 aromatic rings. The standard InChI is InChI=1S/C64H126O5/c1-3-5-7-9-11-13-15-17-19-21-23-25-27-29-30-31-32-33-34-35-37-39-41-43-45-47-49-51-53-55-57-59-64(67)69-62(60-65)61-68-63(66)58-56-54-52-50-48-46-44-42-40-38-36-28-26-24-22-20-18-16-14-12-10-8-6-4-2/h62,65H,3-61H2,1-2H3. The number of hydrogen-bond donors (Lipinski definition) is 1. The first-order valence-corrected chi connectivity index (χ1v) is 32.1. The van der Waals surface area contributed by atoms with Crippen LogP contribution in [0.15, 0.2) is 0 Å². The molecule has 0 saturated carbocycles. The van der Waals surface area contributed by atoms with Crippen molar-refractivity contribution >= 4 is 11.9 Å². The van der Waals surface area contributed by atoms with Crippen LogP contribution in [0.1, 0.15) is 380 Å². The van der Waals surface area contributed by atoms with Crippen molar-refractivity contribution < 1.29 is 24.2 Å². The largest absolute Gasteiger partial charge is 0.462 e. The zero-order chi connectivity index (χ0) is 49.9. The number of carbonyl (C=O) groups is 2. The summed E-state index contributed by atoms with van der Waals surface area (Å²) in [6.07, 6.45) is 75.5. The van der Waals surface area contributed by atoms with Gasteiger partial charge < -0.3 is 14.6 Å². The first-order valence-electron chi connectivity index (χ1n) is 32.1. The second-order valence-corrected chi connectivity index (χ2v) is 22.2. The first-order chi connectivity index (χ1) is 34.1. The summed E-state index contributed by atoms with van der Waals surface area (Å²) in [4.78, 5) is 24.6. The maximum Gasteiger partial charge on any atom is 0.306 e. The van der Waals surface area contributed by atoms with Gasteiger partial charge in [0.25, 0.3) is 0 Å². The second-order valence-electron chi connectivity index (χ2n) is 22.2. The molecule has 0 radical (unpaired) electrons. The van der Waals surface area contributed by atoms with E-state index in [1.54, 1.807) is 0 Å². The van der Waals surface area contributed by atoms with Crippen LogP contribution in [0.4, 0.5) is 0 Å². The van der Waals surface area contributed by atoms with Gasteiger partial charge in [-0.25, -0.2) is 0 Å². The Morgan fingerprint density at radius 3 is 0.638 bits per heavy atom. The van der Waals surface area contributed by atoms with Crippen LogP contribution < -0.4 is 0 Å². The molecule has 0 spiro atoms. The molecule has 0 amide bonds. The molecule has 0 rings (SSSR count). The number of aliphatic hydroxyl groups excluding tert-OH is 1. The Bertz CT molecular complexity index is 968. The molecule has 0 aromatic heterocycles. The molecule has 0 bridgehead atoms. The van der Waals surface area contributed by atoms with Crippen LogP contribution in [0.3, 0.4) is 0 Å². The van der Waals surface area contributed by atoms with Crippen LogP contribution in [-0.4, -0.2) is 36.4 Å². The summed E-state index contributed by atoms with van der Waals surface area (Å²) in [6, 6.07) is 0. The maximum atomic E-state index is 12.3. The van der Waals surface area contributed by atoms with Crippen molar-refractivity contribution in [2.75, 3.05) is 13.2 Å². The van der Waals surface area contributed by atoms with Crippen molar-refractivity contribution in [3.05, 3.63) is 0 Å². The molecule has 0 fully saturated rings. The molecular formula is C64H126O5. The van der Waals surface area contributed by atoms with Gasteiger partial charge in [0.1, 0.15) is 6.61 Å². The Morgan fingerprint density at radius 1 is 0.275 bits per heavy atom. The average Bonchev–Trinajstić information content (AvgIpc) is 3.35. The smallest absolute Gasteiger partial charge is 0.306 e. The highest BCUT2D eigenvalue weighted by Gasteiger charge is 2.16. The minimum atomic E-state index is -0.765. The summed E-state index contributed by atoms with van der Waals surface area (Å²) in [6.45, 7) is 4.22. The molecule has 412 valence electrons. The van der Waals surface area contributed by atoms with Gasteiger partial charge in [-0.05, 0) is 12.8 Å². The van der Waals surface area contributed by atoms with Gasteiger partial charge in [0.15, 0.2) is 6.10 Å². The van der Waals surface area contributed by atoms with Crippen LogP contribution in [0.25, 0.3) is 0 Å². The molecule has 69 heavy (non-hydrogen) atoms. The van der Waals surface area contributed by atoms with E-state index in [1.807, 2.05) is 0 Å². The lowest BCUT2D eigenvalue weighted by molar-refractivity contribution is -0.161. The van der Waals surface area contributed by atoms with E-state index in [0.29, 0.717) is 12.8 Å². The molecule has 0 aromatic carbocycles. The Balaban J connectivity index is 3.36. The number of ether oxygens (including phenoxy) is 2. The number of hydrogen-bond acceptors (Lipinski definition) is 5. The van der Waals surface area contributed by atoms with Crippen LogP contribution >= 0.6 is 0 Å². The van der Waals surface area contributed by atoms with E-state index in [2.05, 4.69) is 13.8 Å². The topological polar surface area (TPSA) is 72.8 Å². The van der Waals surface area contributed by atoms with Gasteiger partial charge in [-0.2, -0.15) is 0 Å². The summed E-state index contributed by atoms with van der Waals surface area (Å²) in [7, 11) is 0. The van der Waals surface area contributed by atoms with Crippen molar-refractivity contribution in [1.29, 1.82) is 0 Å². The Morgan fingerprint density at radius 2 is 0.449 bits per heavy atom. The van der Waals surface area contributed by atoms with E-state index in [4.69, 9.17) is 9.47 Å². The molecular weight excluding hydrogens is 849 g/mol. The molecule has 1 N–H and O–H groups in total. The lowest BCUT2D eigenvalue weighted by Crippen LogP contribution is -2.28. The van der Waals surface area contributed by atoms with Crippen LogP contribution in [0.5, 0.6) is 0 Å². The third-order valence-corrected chi connectivity index (χ3v) is 15.2. The number of aliphatic hydroxyl groups is 1. The van der Waals surface area contributed by atoms with Gasteiger partial charge in [-0.1, -0.05) is 354 Å². The number of rotatable bonds is 61. The van der Waals surface area contributed by atoms with Gasteiger partial charge in [0.2, 0.25) is 0 Å². The van der Waals surface area contributed by atoms with E-state index in [9.17, 15) is 14.7 Å². The first kappa shape index (κ1) is 67.9. The third-order valence-electron chi connectivity index (χ3n) is 15.2. The highest BCUT2D eigenvalue weighted by molar-refractivity contribution is 5.70. The normalized spacial score (nSPS) is 12.0. The fourth-order valence-electron chi connectivity index (χ4n) is 10.3. The van der Waals surface area contributed by atoms with Crippen LogP contribution in [0, 0.1) is 0 Å². The SMILES string of the molecule is CCCCCCCCCCCCCCCCCCCCCCCCCCCCCCCCCC(=O)OC(CO)COC(=O)CCCCCCCCCCCCCCCCCCCCCCCCCC. The second kappa shape index (κ2) is 61.2. The summed E-state index contributed by atoms with van der Waals surface area (Å²) < 4.78 is 10.7. The molecule has 1 atom stereocenters. The summed E-state index contributed by atoms with van der Waals surface area (Å²) in [5.74, 6) is -0.560. The summed E-state index contributed by atoms with van der Waals surface area (Å²) in [5.41, 5.74) is 0. The minimum Gasteiger partial charge on any atom is -0.462 e. The Labute approximate surface area is 433 Å². The molecule has 1 unspecified atom stereocenters. The van der Waals surface area contributed by atoms with Crippen molar-refractivity contribution in [2.24, 2.45) is 0 Å². The number of carbonyl (C=O) groups excluding carboxylic acids is 2. The number of esters is 2. The van der Waals surface area contributed by atoms with Gasteiger partial charge in [-0.3, -0.25) is 9.59 Å². The van der Waals surface area contributed by atoms with Crippen molar-refractivity contribution in [1.82, 2.24) is 0 Å². The average molecular weight is 976 g/mol. The highest BCUT2D eigenvalue weighted by atomic mass is 16.6. The Kier molecular flexibility index (Phi) is 60.2. The molecule has 5 nitrogen and oxygen atoms in total. The predicted octanol–water partition coefficient (Wildman–Crippen LogP) is 21.7. The number of unbranched alkanes of at least 4 members (excludes halogenated alkanes) is 53. The zero-order valence-electron chi connectivity index (χ0n) is 47.4. The quantitative estimate of drug-likeness (QED) is 0.0486. The van der Waals surface area contributed by atoms with E-state index in [1.165, 1.54) is 321 Å². The highest BCUT2D eigenvalue weighted by Crippen LogP contribution is 2.19. The molecule has 5 heteroatoms. The predicted molar refractivity (Wildman–Crippen MR) is 302 cm³/mol. The van der Waals surface area contributed by atoms with Gasteiger partial charge in [-0.15, -0.1) is 0 Å². The molecule has 0 aliphatic rings. The van der Waals surface area contributed by atoms with E-state index < -0.39 is 6.10 Å². The van der Waals surface area contributed by atoms with E-state index in [0.717, 1.165) is 32.1 Å². The fourth-order valence-corrected chi connectivity index (χ4v) is 10.3. The Hall–Kier alpha value is -1.10. The molecule has 0 aliphatic heterocycles. The molecule has 0 aliphatic carbocycles. The van der Waals surface area contributed by atoms with E-state index in [-0.39, 0.29) is 25.2 Å². The molecule has 0 saturated heterocycles. The van der Waals surface area contributed by atoms with Crippen molar-refractivity contribution in [3.63, 3.8) is 0 Å². The zero-order valence-corrected chi connectivity index (χ0v) is 47.4. The lowest BCUT2D eigenvalue weighted by Gasteiger charge is -2.15. The summed E-state index contributed by atoms with van der Waals surface area (Å²) in [5, 5.41) is 9.68. The summed E-state index contributed by atoms with van der Waals surface area (Å²) >= 11 is 0. The maximum absolute atomic E-state index is 12.3. The van der Waals surface area contributed by atoms with Crippen molar-refractivity contribution in [2.45, 2.75) is 386 Å². The lowest BCUT2D eigenvalue weighted by atomic mass is 10.0. The third kappa shape index (κ3) is 59.4. The van der Waals surface area contributed by atoms with Crippen LogP contribution in [0.2, 0.25) is 0 Å². The van der Waals surface area contributed by atoms with Gasteiger partial charge >= 0.3 is 11.9 Å². The minimum absolute atomic E-state index is 0.0555. The fraction of sp³-hybridized carbons (Fsp3) is 0.969. The molecule has 0 heterocycles.